The Morgan fingerprint density at radius 3 is 2.46 bits per heavy atom. The number of nitrogens with one attached hydrogen (secondary N) is 1. The van der Waals surface area contributed by atoms with Crippen molar-refractivity contribution in [2.75, 3.05) is 57.5 Å². The van der Waals surface area contributed by atoms with Gasteiger partial charge in [0.05, 0.1) is 16.4 Å². The molecule has 0 spiro atoms. The second kappa shape index (κ2) is 9.29. The molecule has 1 aromatic heterocycles. The zero-order valence-electron chi connectivity index (χ0n) is 16.2. The van der Waals surface area contributed by atoms with E-state index < -0.39 is 9.84 Å². The van der Waals surface area contributed by atoms with E-state index in [1.54, 1.807) is 42.6 Å². The Labute approximate surface area is 170 Å². The molecule has 2 heterocycles. The molecule has 0 unspecified atom stereocenters. The quantitative estimate of drug-likeness (QED) is 0.436. The third kappa shape index (κ3) is 5.39. The molecule has 7 nitrogen and oxygen atoms in total. The fraction of sp³-hybridized carbons (Fsp3) is 0.421. The van der Waals surface area contributed by atoms with Gasteiger partial charge in [-0.2, -0.15) is 0 Å². The van der Waals surface area contributed by atoms with Crippen LogP contribution in [0.25, 0.3) is 0 Å². The predicted octanol–water partition coefficient (Wildman–Crippen LogP) is 1.93. The van der Waals surface area contributed by atoms with Gasteiger partial charge < -0.3 is 19.9 Å². The molecule has 1 aliphatic heterocycles. The van der Waals surface area contributed by atoms with Gasteiger partial charge in [-0.3, -0.25) is 4.99 Å². The van der Waals surface area contributed by atoms with E-state index in [4.69, 9.17) is 4.74 Å². The molecule has 1 N–H and O–H groups in total. The topological polar surface area (TPSA) is 74.2 Å². The minimum absolute atomic E-state index is 0.292. The summed E-state index contributed by atoms with van der Waals surface area (Å²) < 4.78 is 28.6. The molecule has 1 saturated heterocycles. The maximum Gasteiger partial charge on any atom is 0.193 e. The number of piperazine rings is 1. The molecule has 0 aliphatic carbocycles. The Hall–Kier alpha value is -2.26. The summed E-state index contributed by atoms with van der Waals surface area (Å²) >= 11 is 1.77. The summed E-state index contributed by atoms with van der Waals surface area (Å²) in [6.07, 6.45) is 1.19. The first-order valence-electron chi connectivity index (χ1n) is 9.14. The molecular formula is C19H26N4O3S2. The summed E-state index contributed by atoms with van der Waals surface area (Å²) in [6, 6.07) is 10.7. The highest BCUT2D eigenvalue weighted by Gasteiger charge is 2.20. The van der Waals surface area contributed by atoms with Crippen LogP contribution in [-0.2, 0) is 9.84 Å². The molecule has 3 rings (SSSR count). The molecule has 0 saturated carbocycles. The van der Waals surface area contributed by atoms with Crippen LogP contribution in [-0.4, -0.2) is 71.9 Å². The zero-order valence-corrected chi connectivity index (χ0v) is 17.8. The van der Waals surface area contributed by atoms with Gasteiger partial charge in [0.1, 0.15) is 12.4 Å². The Bertz CT molecular complexity index is 872. The first kappa shape index (κ1) is 20.5. The molecular weight excluding hydrogens is 396 g/mol. The second-order valence-electron chi connectivity index (χ2n) is 6.49. The smallest absolute Gasteiger partial charge is 0.193 e. The summed E-state index contributed by atoms with van der Waals surface area (Å²) in [5.74, 6) is 1.52. The SMILES string of the molecule is CN=C(NCCOc1ccc(S(C)(=O)=O)cc1)N1CCN(c2cccs2)CC1. The monoisotopic (exact) mass is 422 g/mol. The lowest BCUT2D eigenvalue weighted by atomic mass is 10.3. The van der Waals surface area contributed by atoms with Gasteiger partial charge in [-0.1, -0.05) is 0 Å². The van der Waals surface area contributed by atoms with Crippen molar-refractivity contribution < 1.29 is 13.2 Å². The van der Waals surface area contributed by atoms with Crippen LogP contribution in [0.2, 0.25) is 0 Å². The number of aliphatic imine (C=N–C) groups is 1. The number of nitrogens with zero attached hydrogens (tertiary/aromatic N) is 3. The summed E-state index contributed by atoms with van der Waals surface area (Å²) in [6.45, 7) is 4.88. The van der Waals surface area contributed by atoms with Crippen molar-refractivity contribution in [1.29, 1.82) is 0 Å². The maximum atomic E-state index is 11.5. The minimum atomic E-state index is -3.18. The minimum Gasteiger partial charge on any atom is -0.492 e. The van der Waals surface area contributed by atoms with Crippen LogP contribution in [0.3, 0.4) is 0 Å². The number of guanidine groups is 1. The lowest BCUT2D eigenvalue weighted by molar-refractivity contribution is 0.315. The van der Waals surface area contributed by atoms with Crippen LogP contribution in [0.5, 0.6) is 5.75 Å². The molecule has 1 fully saturated rings. The van der Waals surface area contributed by atoms with Crippen LogP contribution >= 0.6 is 11.3 Å². The van der Waals surface area contributed by atoms with Gasteiger partial charge in [-0.15, -0.1) is 11.3 Å². The van der Waals surface area contributed by atoms with E-state index in [1.165, 1.54) is 11.3 Å². The third-order valence-electron chi connectivity index (χ3n) is 4.51. The zero-order chi connectivity index (χ0) is 20.0. The average Bonchev–Trinajstić information content (AvgIpc) is 3.23. The predicted molar refractivity (Wildman–Crippen MR) is 115 cm³/mol. The van der Waals surface area contributed by atoms with Crippen molar-refractivity contribution in [3.05, 3.63) is 41.8 Å². The number of anilines is 1. The molecule has 0 atom stereocenters. The van der Waals surface area contributed by atoms with E-state index in [0.717, 1.165) is 32.1 Å². The molecule has 0 bridgehead atoms. The Morgan fingerprint density at radius 2 is 1.89 bits per heavy atom. The van der Waals surface area contributed by atoms with Crippen LogP contribution in [0.1, 0.15) is 0 Å². The largest absolute Gasteiger partial charge is 0.492 e. The molecule has 0 amide bonds. The fourth-order valence-corrected chi connectivity index (χ4v) is 4.45. The second-order valence-corrected chi connectivity index (χ2v) is 9.43. The summed E-state index contributed by atoms with van der Waals surface area (Å²) in [5.41, 5.74) is 0. The number of hydrogen-bond donors (Lipinski definition) is 1. The first-order valence-corrected chi connectivity index (χ1v) is 11.9. The van der Waals surface area contributed by atoms with Crippen molar-refractivity contribution in [3.8, 4) is 5.75 Å². The number of hydrogen-bond acceptors (Lipinski definition) is 6. The molecule has 0 radical (unpaired) electrons. The maximum absolute atomic E-state index is 11.5. The van der Waals surface area contributed by atoms with E-state index in [2.05, 4.69) is 37.6 Å². The third-order valence-corrected chi connectivity index (χ3v) is 6.57. The van der Waals surface area contributed by atoms with Gasteiger partial charge >= 0.3 is 0 Å². The fourth-order valence-electron chi connectivity index (χ4n) is 3.04. The Balaban J connectivity index is 1.41. The van der Waals surface area contributed by atoms with Crippen molar-refractivity contribution in [3.63, 3.8) is 0 Å². The number of sulfone groups is 1. The highest BCUT2D eigenvalue weighted by atomic mass is 32.2. The molecule has 1 aliphatic rings. The number of thiophene rings is 1. The van der Waals surface area contributed by atoms with Gasteiger partial charge in [0.2, 0.25) is 0 Å². The summed E-state index contributed by atoms with van der Waals surface area (Å²) in [5, 5.41) is 6.76. The Morgan fingerprint density at radius 1 is 1.18 bits per heavy atom. The van der Waals surface area contributed by atoms with Crippen LogP contribution < -0.4 is 15.0 Å². The molecule has 9 heteroatoms. The highest BCUT2D eigenvalue weighted by Crippen LogP contribution is 2.22. The standard InChI is InChI=1S/C19H26N4O3S2/c1-20-19(23-12-10-22(11-13-23)18-4-3-15-27-18)21-9-14-26-16-5-7-17(8-6-16)28(2,24)25/h3-8,15H,9-14H2,1-2H3,(H,20,21). The lowest BCUT2D eigenvalue weighted by Gasteiger charge is -2.37. The van der Waals surface area contributed by atoms with Crippen molar-refractivity contribution in [2.24, 2.45) is 4.99 Å². The highest BCUT2D eigenvalue weighted by molar-refractivity contribution is 7.90. The number of ether oxygens (including phenoxy) is 1. The number of benzene rings is 1. The van der Waals surface area contributed by atoms with Crippen LogP contribution in [0, 0.1) is 0 Å². The van der Waals surface area contributed by atoms with E-state index in [-0.39, 0.29) is 0 Å². The van der Waals surface area contributed by atoms with Crippen molar-refractivity contribution >= 4 is 32.1 Å². The molecule has 2 aromatic rings. The average molecular weight is 423 g/mol. The van der Waals surface area contributed by atoms with Crippen molar-refractivity contribution in [1.82, 2.24) is 10.2 Å². The normalized spacial score (nSPS) is 15.6. The molecule has 1 aromatic carbocycles. The summed E-state index contributed by atoms with van der Waals surface area (Å²) in [7, 11) is -1.39. The Kier molecular flexibility index (Phi) is 6.79. The van der Waals surface area contributed by atoms with Gasteiger partial charge in [-0.25, -0.2) is 8.42 Å². The van der Waals surface area contributed by atoms with Gasteiger partial charge in [0, 0.05) is 39.5 Å². The van der Waals surface area contributed by atoms with Crippen LogP contribution in [0.15, 0.2) is 51.7 Å². The van der Waals surface area contributed by atoms with E-state index in [0.29, 0.717) is 23.8 Å². The van der Waals surface area contributed by atoms with Gasteiger partial charge in [0.25, 0.3) is 0 Å². The molecule has 28 heavy (non-hydrogen) atoms. The van der Waals surface area contributed by atoms with Crippen molar-refractivity contribution in [2.45, 2.75) is 4.90 Å². The summed E-state index contributed by atoms with van der Waals surface area (Å²) in [4.78, 5) is 9.32. The number of rotatable bonds is 6. The van der Waals surface area contributed by atoms with Crippen LogP contribution in [0.4, 0.5) is 5.00 Å². The van der Waals surface area contributed by atoms with Gasteiger partial charge in [0.15, 0.2) is 15.8 Å². The first-order chi connectivity index (χ1) is 13.5. The lowest BCUT2D eigenvalue weighted by Crippen LogP contribution is -2.52. The molecule has 152 valence electrons. The van der Waals surface area contributed by atoms with E-state index >= 15 is 0 Å². The van der Waals surface area contributed by atoms with E-state index in [9.17, 15) is 8.42 Å². The van der Waals surface area contributed by atoms with Gasteiger partial charge in [-0.05, 0) is 41.8 Å². The van der Waals surface area contributed by atoms with E-state index in [1.807, 2.05) is 0 Å².